The first-order valence-electron chi connectivity index (χ1n) is 9.54. The van der Waals surface area contributed by atoms with Crippen LogP contribution in [0.5, 0.6) is 0 Å². The lowest BCUT2D eigenvalue weighted by molar-refractivity contribution is -0.142. The van der Waals surface area contributed by atoms with Gasteiger partial charge in [-0.15, -0.1) is 0 Å². The number of rotatable bonds is 7. The van der Waals surface area contributed by atoms with Gasteiger partial charge >= 0.3 is 18.3 Å². The first-order chi connectivity index (χ1) is 13.5. The number of alkyl halides is 6. The summed E-state index contributed by atoms with van der Waals surface area (Å²) < 4.78 is 80.3. The first kappa shape index (κ1) is 23.5. The Bertz CT molecular complexity index is 656. The van der Waals surface area contributed by atoms with E-state index in [4.69, 9.17) is 4.74 Å². The van der Waals surface area contributed by atoms with Gasteiger partial charge in [0.2, 0.25) is 0 Å². The van der Waals surface area contributed by atoms with Crippen LogP contribution in [0.3, 0.4) is 0 Å². The molecule has 1 aliphatic heterocycles. The monoisotopic (exact) mass is 425 g/mol. The summed E-state index contributed by atoms with van der Waals surface area (Å²) in [7, 11) is 1.30. The second-order valence-electron chi connectivity index (χ2n) is 7.41. The maximum Gasteiger partial charge on any atom is 0.416 e. The Morgan fingerprint density at radius 2 is 1.76 bits per heavy atom. The maximum atomic E-state index is 12.8. The summed E-state index contributed by atoms with van der Waals surface area (Å²) in [6, 6.07) is 4.61. The minimum Gasteiger partial charge on any atom is -0.469 e. The molecule has 1 saturated heterocycles. The van der Waals surface area contributed by atoms with Crippen molar-refractivity contribution in [3.8, 4) is 0 Å². The quantitative estimate of drug-likeness (QED) is 0.316. The van der Waals surface area contributed by atoms with Crippen molar-refractivity contribution in [3.05, 3.63) is 35.4 Å². The van der Waals surface area contributed by atoms with E-state index in [1.807, 2.05) is 4.90 Å². The third-order valence-corrected chi connectivity index (χ3v) is 5.28. The van der Waals surface area contributed by atoms with Crippen LogP contribution in [-0.2, 0) is 15.7 Å². The molecule has 0 spiro atoms. The van der Waals surface area contributed by atoms with Crippen molar-refractivity contribution in [2.24, 2.45) is 5.92 Å². The molecule has 1 aromatic rings. The number of methoxy groups -OCH3 is 1. The normalized spacial score (nSPS) is 21.2. The number of hydrogen-bond acceptors (Lipinski definition) is 3. The molecule has 2 atom stereocenters. The topological polar surface area (TPSA) is 29.5 Å². The lowest BCUT2D eigenvalue weighted by Crippen LogP contribution is -2.38. The van der Waals surface area contributed by atoms with Crippen LogP contribution in [-0.4, -0.2) is 37.2 Å². The van der Waals surface area contributed by atoms with Gasteiger partial charge in [-0.3, -0.25) is 9.69 Å². The number of carbonyl (C=O) groups excluding carboxylic acids is 1. The fourth-order valence-electron chi connectivity index (χ4n) is 3.74. The van der Waals surface area contributed by atoms with Crippen LogP contribution in [0.25, 0.3) is 0 Å². The van der Waals surface area contributed by atoms with Crippen LogP contribution >= 0.6 is 0 Å². The predicted molar refractivity (Wildman–Crippen MR) is 95.0 cm³/mol. The highest BCUT2D eigenvalue weighted by molar-refractivity contribution is 5.69. The third kappa shape index (κ3) is 7.53. The summed E-state index contributed by atoms with van der Waals surface area (Å²) in [6.07, 6.45) is -7.68. The van der Waals surface area contributed by atoms with E-state index < -0.39 is 24.3 Å². The molecule has 9 heteroatoms. The summed E-state index contributed by atoms with van der Waals surface area (Å²) in [6.45, 7) is 0.992. The molecule has 29 heavy (non-hydrogen) atoms. The van der Waals surface area contributed by atoms with Crippen LogP contribution in [0.1, 0.15) is 55.7 Å². The zero-order valence-corrected chi connectivity index (χ0v) is 16.2. The fraction of sp³-hybridized carbons (Fsp3) is 0.650. The van der Waals surface area contributed by atoms with Gasteiger partial charge in [-0.2, -0.15) is 26.3 Å². The van der Waals surface area contributed by atoms with Gasteiger partial charge in [-0.1, -0.05) is 12.1 Å². The Hall–Kier alpha value is -1.77. The van der Waals surface area contributed by atoms with Gasteiger partial charge in [-0.25, -0.2) is 0 Å². The molecule has 0 aromatic heterocycles. The molecule has 1 aliphatic rings. The Balaban J connectivity index is 2.09. The SMILES string of the molecule is COC(=O)C[C@@H]1CCN(CCCCC(F)(F)F)[C@H](c2ccc(C(F)(F)F)cc2)C1. The minimum atomic E-state index is -4.43. The Labute approximate surface area is 166 Å². The Morgan fingerprint density at radius 3 is 2.31 bits per heavy atom. The lowest BCUT2D eigenvalue weighted by Gasteiger charge is -2.40. The number of likely N-dealkylation sites (tertiary alicyclic amines) is 1. The van der Waals surface area contributed by atoms with Crippen LogP contribution in [0.15, 0.2) is 24.3 Å². The van der Waals surface area contributed by atoms with Gasteiger partial charge in [0.25, 0.3) is 0 Å². The minimum absolute atomic E-state index is 0.00528. The smallest absolute Gasteiger partial charge is 0.416 e. The number of ether oxygens (including phenoxy) is 1. The number of carbonyl (C=O) groups is 1. The molecular weight excluding hydrogens is 400 g/mol. The van der Waals surface area contributed by atoms with E-state index in [9.17, 15) is 31.1 Å². The maximum absolute atomic E-state index is 12.8. The summed E-state index contributed by atoms with van der Waals surface area (Å²) in [5.41, 5.74) is -0.0803. The van der Waals surface area contributed by atoms with Crippen LogP contribution in [0, 0.1) is 5.92 Å². The van der Waals surface area contributed by atoms with E-state index in [0.717, 1.165) is 12.1 Å². The molecule has 1 heterocycles. The van der Waals surface area contributed by atoms with E-state index in [2.05, 4.69) is 0 Å². The van der Waals surface area contributed by atoms with Gasteiger partial charge in [0, 0.05) is 18.9 Å². The number of nitrogens with zero attached hydrogens (tertiary/aromatic N) is 1. The average molecular weight is 425 g/mol. The van der Waals surface area contributed by atoms with Gasteiger partial charge in [-0.05, 0) is 62.4 Å². The van der Waals surface area contributed by atoms with Crippen molar-refractivity contribution >= 4 is 5.97 Å². The highest BCUT2D eigenvalue weighted by Gasteiger charge is 2.33. The number of piperidine rings is 1. The summed E-state index contributed by atoms with van der Waals surface area (Å²) in [4.78, 5) is 13.6. The van der Waals surface area contributed by atoms with Gasteiger partial charge in [0.1, 0.15) is 0 Å². The van der Waals surface area contributed by atoms with Crippen molar-refractivity contribution in [1.29, 1.82) is 0 Å². The summed E-state index contributed by atoms with van der Waals surface area (Å²) >= 11 is 0. The van der Waals surface area contributed by atoms with Crippen molar-refractivity contribution in [2.45, 2.75) is 56.9 Å². The largest absolute Gasteiger partial charge is 0.469 e. The fourth-order valence-corrected chi connectivity index (χ4v) is 3.74. The Morgan fingerprint density at radius 1 is 1.10 bits per heavy atom. The molecule has 2 rings (SSSR count). The first-order valence-corrected chi connectivity index (χ1v) is 9.54. The van der Waals surface area contributed by atoms with Crippen LogP contribution < -0.4 is 0 Å². The zero-order chi connectivity index (χ0) is 21.7. The van der Waals surface area contributed by atoms with Gasteiger partial charge < -0.3 is 4.74 Å². The number of esters is 1. The van der Waals surface area contributed by atoms with E-state index in [1.54, 1.807) is 0 Å². The number of halogens is 6. The van der Waals surface area contributed by atoms with Crippen LogP contribution in [0.2, 0.25) is 0 Å². The molecule has 0 bridgehead atoms. The standard InChI is InChI=1S/C20H25F6NO2/c1-29-18(28)13-14-8-11-27(10-3-2-9-19(21,22)23)17(12-14)15-4-6-16(7-5-15)20(24,25)26/h4-7,14,17H,2-3,8-13H2,1H3/t14-,17+/m1/s1. The molecule has 1 aromatic carbocycles. The van der Waals surface area contributed by atoms with Gasteiger partial charge in [0.05, 0.1) is 12.7 Å². The molecular formula is C20H25F6NO2. The number of benzene rings is 1. The van der Waals surface area contributed by atoms with Gasteiger partial charge in [0.15, 0.2) is 0 Å². The number of hydrogen-bond donors (Lipinski definition) is 0. The molecule has 0 amide bonds. The van der Waals surface area contributed by atoms with Crippen molar-refractivity contribution in [1.82, 2.24) is 4.90 Å². The van der Waals surface area contributed by atoms with E-state index in [0.29, 0.717) is 37.9 Å². The highest BCUT2D eigenvalue weighted by Crippen LogP contribution is 2.37. The van der Waals surface area contributed by atoms with E-state index in [-0.39, 0.29) is 30.8 Å². The zero-order valence-electron chi connectivity index (χ0n) is 16.2. The third-order valence-electron chi connectivity index (χ3n) is 5.28. The summed E-state index contributed by atoms with van der Waals surface area (Å²) in [5, 5.41) is 0. The van der Waals surface area contributed by atoms with Crippen molar-refractivity contribution in [3.63, 3.8) is 0 Å². The summed E-state index contributed by atoms with van der Waals surface area (Å²) in [5.74, 6) is -0.332. The van der Waals surface area contributed by atoms with E-state index in [1.165, 1.54) is 19.2 Å². The molecule has 164 valence electrons. The molecule has 0 N–H and O–H groups in total. The average Bonchev–Trinajstić information content (AvgIpc) is 2.64. The second-order valence-corrected chi connectivity index (χ2v) is 7.41. The van der Waals surface area contributed by atoms with Crippen molar-refractivity contribution in [2.75, 3.05) is 20.2 Å². The second kappa shape index (κ2) is 9.82. The Kier molecular flexibility index (Phi) is 7.96. The van der Waals surface area contributed by atoms with Crippen LogP contribution in [0.4, 0.5) is 26.3 Å². The molecule has 0 radical (unpaired) electrons. The predicted octanol–water partition coefficient (Wildman–Crippen LogP) is 5.75. The molecule has 0 saturated carbocycles. The molecule has 0 unspecified atom stereocenters. The van der Waals surface area contributed by atoms with Crippen molar-refractivity contribution < 1.29 is 35.9 Å². The highest BCUT2D eigenvalue weighted by atomic mass is 19.4. The number of unbranched alkanes of at least 4 members (excludes halogenated alkanes) is 1. The molecule has 1 fully saturated rings. The molecule has 3 nitrogen and oxygen atoms in total. The molecule has 0 aliphatic carbocycles. The van der Waals surface area contributed by atoms with E-state index >= 15 is 0 Å². The lowest BCUT2D eigenvalue weighted by atomic mass is 9.85.